The lowest BCUT2D eigenvalue weighted by molar-refractivity contribution is -0.169. The van der Waals surface area contributed by atoms with E-state index in [1.807, 2.05) is 34.6 Å². The standard InChI is InChI=1S/C13H26O2/c1-11(2,3)9-10(14)15-13(7,8)12(4,5)6/h9H2,1-8H3. The number of esters is 1. The summed E-state index contributed by atoms with van der Waals surface area (Å²) in [4.78, 5) is 11.7. The molecule has 0 unspecified atom stereocenters. The van der Waals surface area contributed by atoms with Crippen LogP contribution in [0.25, 0.3) is 0 Å². The van der Waals surface area contributed by atoms with Crippen molar-refractivity contribution in [1.29, 1.82) is 0 Å². The summed E-state index contributed by atoms with van der Waals surface area (Å²) in [5.41, 5.74) is -0.471. The van der Waals surface area contributed by atoms with Crippen LogP contribution in [0.2, 0.25) is 0 Å². The van der Waals surface area contributed by atoms with E-state index < -0.39 is 5.60 Å². The monoisotopic (exact) mass is 214 g/mol. The van der Waals surface area contributed by atoms with Gasteiger partial charge < -0.3 is 4.74 Å². The van der Waals surface area contributed by atoms with Crippen LogP contribution in [-0.2, 0) is 9.53 Å². The normalized spacial score (nSPS) is 13.9. The van der Waals surface area contributed by atoms with Gasteiger partial charge in [-0.15, -0.1) is 0 Å². The lowest BCUT2D eigenvalue weighted by atomic mass is 9.79. The van der Waals surface area contributed by atoms with Gasteiger partial charge in [-0.1, -0.05) is 41.5 Å². The first-order chi connectivity index (χ1) is 6.35. The molecule has 0 amide bonds. The largest absolute Gasteiger partial charge is 0.459 e. The molecule has 0 aromatic rings. The van der Waals surface area contributed by atoms with E-state index in [0.717, 1.165) is 0 Å². The topological polar surface area (TPSA) is 26.3 Å². The van der Waals surface area contributed by atoms with E-state index in [4.69, 9.17) is 4.74 Å². The van der Waals surface area contributed by atoms with Gasteiger partial charge in [0.15, 0.2) is 0 Å². The molecule has 0 rings (SSSR count). The van der Waals surface area contributed by atoms with Crippen molar-refractivity contribution in [1.82, 2.24) is 0 Å². The van der Waals surface area contributed by atoms with Crippen molar-refractivity contribution in [3.63, 3.8) is 0 Å². The molecule has 0 saturated heterocycles. The molecule has 0 radical (unpaired) electrons. The smallest absolute Gasteiger partial charge is 0.306 e. The average molecular weight is 214 g/mol. The Morgan fingerprint density at radius 2 is 1.33 bits per heavy atom. The third-order valence-electron chi connectivity index (χ3n) is 2.85. The van der Waals surface area contributed by atoms with Crippen molar-refractivity contribution in [2.45, 2.75) is 67.4 Å². The van der Waals surface area contributed by atoms with Crippen molar-refractivity contribution < 1.29 is 9.53 Å². The van der Waals surface area contributed by atoms with Gasteiger partial charge in [-0.2, -0.15) is 0 Å². The first-order valence-corrected chi connectivity index (χ1v) is 5.57. The summed E-state index contributed by atoms with van der Waals surface area (Å²) in [6, 6.07) is 0. The molecule has 0 spiro atoms. The first-order valence-electron chi connectivity index (χ1n) is 5.57. The van der Waals surface area contributed by atoms with E-state index in [1.54, 1.807) is 0 Å². The Hall–Kier alpha value is -0.530. The Morgan fingerprint density at radius 3 is 1.60 bits per heavy atom. The van der Waals surface area contributed by atoms with E-state index >= 15 is 0 Å². The van der Waals surface area contributed by atoms with Crippen molar-refractivity contribution in [2.24, 2.45) is 10.8 Å². The van der Waals surface area contributed by atoms with Crippen LogP contribution in [0.15, 0.2) is 0 Å². The van der Waals surface area contributed by atoms with Gasteiger partial charge in [0.25, 0.3) is 0 Å². The second-order valence-corrected chi connectivity index (χ2v) is 6.97. The number of ether oxygens (including phenoxy) is 1. The van der Waals surface area contributed by atoms with E-state index in [-0.39, 0.29) is 16.8 Å². The molecule has 0 atom stereocenters. The third kappa shape index (κ3) is 5.19. The number of hydrogen-bond donors (Lipinski definition) is 0. The zero-order valence-corrected chi connectivity index (χ0v) is 11.5. The third-order valence-corrected chi connectivity index (χ3v) is 2.85. The van der Waals surface area contributed by atoms with Crippen LogP contribution in [0, 0.1) is 10.8 Å². The van der Waals surface area contributed by atoms with Crippen LogP contribution in [0.3, 0.4) is 0 Å². The van der Waals surface area contributed by atoms with Gasteiger partial charge in [0.2, 0.25) is 0 Å². The minimum Gasteiger partial charge on any atom is -0.459 e. The summed E-state index contributed by atoms with van der Waals surface area (Å²) in [6.45, 7) is 16.3. The van der Waals surface area contributed by atoms with Crippen LogP contribution >= 0.6 is 0 Å². The van der Waals surface area contributed by atoms with E-state index in [9.17, 15) is 4.79 Å². The highest BCUT2D eigenvalue weighted by molar-refractivity contribution is 5.70. The van der Waals surface area contributed by atoms with Gasteiger partial charge in [0, 0.05) is 5.41 Å². The molecular formula is C13H26O2. The molecular weight excluding hydrogens is 188 g/mol. The summed E-state index contributed by atoms with van der Waals surface area (Å²) < 4.78 is 5.54. The molecule has 0 N–H and O–H groups in total. The summed E-state index contributed by atoms with van der Waals surface area (Å²) in [5, 5.41) is 0. The molecule has 0 heterocycles. The summed E-state index contributed by atoms with van der Waals surface area (Å²) in [7, 11) is 0. The lowest BCUT2D eigenvalue weighted by Crippen LogP contribution is -2.41. The number of carbonyl (C=O) groups excluding carboxylic acids is 1. The van der Waals surface area contributed by atoms with Crippen LogP contribution in [0.4, 0.5) is 0 Å². The molecule has 0 aromatic heterocycles. The van der Waals surface area contributed by atoms with Crippen LogP contribution in [0.1, 0.15) is 61.8 Å². The number of rotatable bonds is 2. The molecule has 15 heavy (non-hydrogen) atoms. The molecule has 0 aliphatic carbocycles. The fourth-order valence-electron chi connectivity index (χ4n) is 0.907. The number of hydrogen-bond acceptors (Lipinski definition) is 2. The molecule has 0 bridgehead atoms. The highest BCUT2D eigenvalue weighted by Gasteiger charge is 2.37. The Labute approximate surface area is 94.4 Å². The SMILES string of the molecule is CC(C)(C)CC(=O)OC(C)(C)C(C)(C)C. The fourth-order valence-corrected chi connectivity index (χ4v) is 0.907. The number of carbonyl (C=O) groups is 1. The molecule has 0 aliphatic rings. The van der Waals surface area contributed by atoms with Gasteiger partial charge >= 0.3 is 5.97 Å². The summed E-state index contributed by atoms with van der Waals surface area (Å²) in [5.74, 6) is -0.109. The van der Waals surface area contributed by atoms with Crippen LogP contribution < -0.4 is 0 Å². The maximum Gasteiger partial charge on any atom is 0.306 e. The Kier molecular flexibility index (Phi) is 4.00. The Morgan fingerprint density at radius 1 is 0.933 bits per heavy atom. The van der Waals surface area contributed by atoms with Gasteiger partial charge in [-0.25, -0.2) is 0 Å². The minimum atomic E-state index is -0.421. The Bertz CT molecular complexity index is 226. The van der Waals surface area contributed by atoms with Crippen LogP contribution in [0.5, 0.6) is 0 Å². The summed E-state index contributed by atoms with van der Waals surface area (Å²) in [6.07, 6.45) is 0.465. The maximum atomic E-state index is 11.7. The lowest BCUT2D eigenvalue weighted by Gasteiger charge is -2.38. The highest BCUT2D eigenvalue weighted by atomic mass is 16.6. The van der Waals surface area contributed by atoms with Crippen LogP contribution in [-0.4, -0.2) is 11.6 Å². The van der Waals surface area contributed by atoms with Gasteiger partial charge in [-0.3, -0.25) is 4.79 Å². The first kappa shape index (κ1) is 14.5. The predicted molar refractivity (Wildman–Crippen MR) is 63.7 cm³/mol. The fraction of sp³-hybridized carbons (Fsp3) is 0.923. The molecule has 0 aromatic carbocycles. The summed E-state index contributed by atoms with van der Waals surface area (Å²) >= 11 is 0. The van der Waals surface area contributed by atoms with Crippen molar-refractivity contribution in [2.75, 3.05) is 0 Å². The van der Waals surface area contributed by atoms with E-state index in [1.165, 1.54) is 0 Å². The second-order valence-electron chi connectivity index (χ2n) is 6.97. The van der Waals surface area contributed by atoms with E-state index in [2.05, 4.69) is 20.8 Å². The zero-order chi connectivity index (χ0) is 12.5. The Balaban J connectivity index is 4.43. The van der Waals surface area contributed by atoms with Crippen molar-refractivity contribution in [3.8, 4) is 0 Å². The van der Waals surface area contributed by atoms with Gasteiger partial charge in [0.05, 0.1) is 6.42 Å². The molecule has 2 nitrogen and oxygen atoms in total. The van der Waals surface area contributed by atoms with E-state index in [0.29, 0.717) is 6.42 Å². The molecule has 90 valence electrons. The second kappa shape index (κ2) is 4.15. The van der Waals surface area contributed by atoms with Crippen molar-refractivity contribution >= 4 is 5.97 Å². The quantitative estimate of drug-likeness (QED) is 0.654. The molecule has 0 fully saturated rings. The maximum absolute atomic E-state index is 11.7. The molecule has 0 aliphatic heterocycles. The highest BCUT2D eigenvalue weighted by Crippen LogP contribution is 2.34. The molecule has 2 heteroatoms. The predicted octanol–water partition coefficient (Wildman–Crippen LogP) is 3.79. The van der Waals surface area contributed by atoms with Gasteiger partial charge in [-0.05, 0) is 19.3 Å². The zero-order valence-electron chi connectivity index (χ0n) is 11.5. The molecule has 0 saturated carbocycles. The average Bonchev–Trinajstić information content (AvgIpc) is 1.75. The minimum absolute atomic E-state index is 0.00888. The van der Waals surface area contributed by atoms with Gasteiger partial charge in [0.1, 0.15) is 5.60 Å². The van der Waals surface area contributed by atoms with Crippen molar-refractivity contribution in [3.05, 3.63) is 0 Å².